The number of nitrogens with zero attached hydrogens (tertiary/aromatic N) is 4. The third-order valence-electron chi connectivity index (χ3n) is 3.90. The number of anilines is 1. The highest BCUT2D eigenvalue weighted by atomic mass is 79.9. The van der Waals surface area contributed by atoms with Crippen LogP contribution in [-0.2, 0) is 0 Å². The van der Waals surface area contributed by atoms with Crippen molar-refractivity contribution in [1.82, 2.24) is 19.9 Å². The summed E-state index contributed by atoms with van der Waals surface area (Å²) < 4.78 is 2.86. The molecule has 1 atom stereocenters. The van der Waals surface area contributed by atoms with E-state index in [9.17, 15) is 0 Å². The maximum Gasteiger partial charge on any atom is 0.245 e. The van der Waals surface area contributed by atoms with Crippen LogP contribution >= 0.6 is 15.9 Å². The fraction of sp³-hybridized carbons (Fsp3) is 0.600. The number of hydrogen-bond donors (Lipinski definition) is 1. The zero-order chi connectivity index (χ0) is 14.8. The van der Waals surface area contributed by atoms with Gasteiger partial charge in [-0.1, -0.05) is 13.8 Å². The molecule has 3 heterocycles. The highest BCUT2D eigenvalue weighted by molar-refractivity contribution is 9.10. The molecule has 6 heteroatoms. The van der Waals surface area contributed by atoms with Crippen LogP contribution in [0.4, 0.5) is 5.95 Å². The Morgan fingerprint density at radius 3 is 3.10 bits per heavy atom. The van der Waals surface area contributed by atoms with Crippen molar-refractivity contribution in [2.24, 2.45) is 5.92 Å². The van der Waals surface area contributed by atoms with Gasteiger partial charge < -0.3 is 10.2 Å². The normalized spacial score (nSPS) is 19.6. The molecule has 0 aliphatic carbocycles. The molecule has 0 amide bonds. The van der Waals surface area contributed by atoms with Gasteiger partial charge in [-0.15, -0.1) is 5.10 Å². The number of halogens is 1. The van der Waals surface area contributed by atoms with E-state index in [2.05, 4.69) is 50.1 Å². The van der Waals surface area contributed by atoms with Crippen LogP contribution in [-0.4, -0.2) is 40.3 Å². The van der Waals surface area contributed by atoms with Gasteiger partial charge in [0.15, 0.2) is 5.65 Å². The van der Waals surface area contributed by atoms with Gasteiger partial charge in [-0.2, -0.15) is 4.98 Å². The predicted molar refractivity (Wildman–Crippen MR) is 88.8 cm³/mol. The van der Waals surface area contributed by atoms with Crippen LogP contribution in [0.3, 0.4) is 0 Å². The molecule has 114 valence electrons. The molecule has 21 heavy (non-hydrogen) atoms. The standard InChI is InChI=1S/C15H22BrN5/c1-11(2)17-8-12-4-3-7-20(9-12)15-18-14-6-5-13(16)10-21(14)19-15/h5-6,10-12,17H,3-4,7-9H2,1-2H3. The first kappa shape index (κ1) is 14.8. The second kappa shape index (κ2) is 6.32. The summed E-state index contributed by atoms with van der Waals surface area (Å²) in [7, 11) is 0. The first-order valence-electron chi connectivity index (χ1n) is 7.62. The van der Waals surface area contributed by atoms with Gasteiger partial charge in [0.2, 0.25) is 5.95 Å². The number of aromatic nitrogens is 3. The van der Waals surface area contributed by atoms with Crippen molar-refractivity contribution in [1.29, 1.82) is 0 Å². The molecule has 2 aromatic rings. The molecular formula is C15H22BrN5. The van der Waals surface area contributed by atoms with Gasteiger partial charge in [-0.05, 0) is 53.4 Å². The quantitative estimate of drug-likeness (QED) is 0.919. The summed E-state index contributed by atoms with van der Waals surface area (Å²) in [5, 5.41) is 8.15. The van der Waals surface area contributed by atoms with Crippen molar-refractivity contribution in [2.75, 3.05) is 24.5 Å². The van der Waals surface area contributed by atoms with E-state index in [4.69, 9.17) is 0 Å². The van der Waals surface area contributed by atoms with Crippen molar-refractivity contribution in [3.63, 3.8) is 0 Å². The number of pyridine rings is 1. The van der Waals surface area contributed by atoms with Gasteiger partial charge in [-0.3, -0.25) is 0 Å². The van der Waals surface area contributed by atoms with E-state index in [-0.39, 0.29) is 0 Å². The topological polar surface area (TPSA) is 45.5 Å². The second-order valence-corrected chi connectivity index (χ2v) is 6.99. The molecule has 2 aromatic heterocycles. The lowest BCUT2D eigenvalue weighted by Crippen LogP contribution is -2.41. The third-order valence-corrected chi connectivity index (χ3v) is 4.37. The minimum Gasteiger partial charge on any atom is -0.339 e. The van der Waals surface area contributed by atoms with Gasteiger partial charge in [0, 0.05) is 29.8 Å². The molecule has 1 saturated heterocycles. The summed E-state index contributed by atoms with van der Waals surface area (Å²) in [5.41, 5.74) is 0.899. The summed E-state index contributed by atoms with van der Waals surface area (Å²) in [4.78, 5) is 6.96. The van der Waals surface area contributed by atoms with Crippen LogP contribution in [0.5, 0.6) is 0 Å². The minimum atomic E-state index is 0.547. The van der Waals surface area contributed by atoms with E-state index < -0.39 is 0 Å². The SMILES string of the molecule is CC(C)NCC1CCCN(c2nc3ccc(Br)cn3n2)C1. The molecule has 1 fully saturated rings. The summed E-state index contributed by atoms with van der Waals surface area (Å²) in [5.74, 6) is 1.53. The van der Waals surface area contributed by atoms with Crippen LogP contribution in [0, 0.1) is 5.92 Å². The lowest BCUT2D eigenvalue weighted by molar-refractivity contribution is 0.377. The Hall–Kier alpha value is -1.14. The van der Waals surface area contributed by atoms with E-state index in [1.165, 1.54) is 12.8 Å². The molecule has 1 unspecified atom stereocenters. The zero-order valence-electron chi connectivity index (χ0n) is 12.6. The van der Waals surface area contributed by atoms with Crippen molar-refractivity contribution in [2.45, 2.75) is 32.7 Å². The number of piperidine rings is 1. The van der Waals surface area contributed by atoms with Gasteiger partial charge in [0.05, 0.1) is 0 Å². The number of hydrogen-bond acceptors (Lipinski definition) is 4. The van der Waals surface area contributed by atoms with Gasteiger partial charge >= 0.3 is 0 Å². The highest BCUT2D eigenvalue weighted by Crippen LogP contribution is 2.21. The summed E-state index contributed by atoms with van der Waals surface area (Å²) in [6.45, 7) is 7.56. The first-order valence-corrected chi connectivity index (χ1v) is 8.41. The molecule has 0 spiro atoms. The van der Waals surface area contributed by atoms with Crippen LogP contribution in [0.2, 0.25) is 0 Å². The van der Waals surface area contributed by atoms with Gasteiger partial charge in [0.1, 0.15) is 0 Å². The molecule has 0 aromatic carbocycles. The maximum atomic E-state index is 4.64. The molecule has 0 saturated carbocycles. The Kier molecular flexibility index (Phi) is 4.45. The van der Waals surface area contributed by atoms with Crippen LogP contribution in [0.1, 0.15) is 26.7 Å². The fourth-order valence-corrected chi connectivity index (χ4v) is 3.12. The molecule has 0 radical (unpaired) electrons. The monoisotopic (exact) mass is 351 g/mol. The van der Waals surface area contributed by atoms with Gasteiger partial charge in [0.25, 0.3) is 0 Å². The molecule has 1 aliphatic heterocycles. The molecule has 1 aliphatic rings. The predicted octanol–water partition coefficient (Wildman–Crippen LogP) is 2.71. The summed E-state index contributed by atoms with van der Waals surface area (Å²) in [6.07, 6.45) is 4.45. The van der Waals surface area contributed by atoms with Crippen molar-refractivity contribution in [3.8, 4) is 0 Å². The fourth-order valence-electron chi connectivity index (χ4n) is 2.80. The van der Waals surface area contributed by atoms with E-state index in [0.717, 1.165) is 35.7 Å². The lowest BCUT2D eigenvalue weighted by Gasteiger charge is -2.32. The van der Waals surface area contributed by atoms with Crippen molar-refractivity contribution < 1.29 is 0 Å². The Balaban J connectivity index is 1.72. The maximum absolute atomic E-state index is 4.64. The average molecular weight is 352 g/mol. The number of nitrogens with one attached hydrogen (secondary N) is 1. The number of rotatable bonds is 4. The Labute approximate surface area is 133 Å². The molecule has 1 N–H and O–H groups in total. The Morgan fingerprint density at radius 2 is 2.29 bits per heavy atom. The van der Waals surface area contributed by atoms with E-state index in [1.54, 1.807) is 0 Å². The van der Waals surface area contributed by atoms with Crippen LogP contribution in [0.25, 0.3) is 5.65 Å². The summed E-state index contributed by atoms with van der Waals surface area (Å²) >= 11 is 3.47. The first-order chi connectivity index (χ1) is 10.1. The molecule has 0 bridgehead atoms. The largest absolute Gasteiger partial charge is 0.339 e. The minimum absolute atomic E-state index is 0.547. The second-order valence-electron chi connectivity index (χ2n) is 6.08. The van der Waals surface area contributed by atoms with Crippen LogP contribution < -0.4 is 10.2 Å². The third kappa shape index (κ3) is 3.55. The van der Waals surface area contributed by atoms with Gasteiger partial charge in [-0.25, -0.2) is 4.52 Å². The highest BCUT2D eigenvalue weighted by Gasteiger charge is 2.22. The lowest BCUT2D eigenvalue weighted by atomic mass is 9.98. The Bertz CT molecular complexity index is 609. The van der Waals surface area contributed by atoms with E-state index in [0.29, 0.717) is 12.0 Å². The Morgan fingerprint density at radius 1 is 1.43 bits per heavy atom. The number of fused-ring (bicyclic) bond motifs is 1. The molecule has 5 nitrogen and oxygen atoms in total. The van der Waals surface area contributed by atoms with E-state index >= 15 is 0 Å². The van der Waals surface area contributed by atoms with E-state index in [1.807, 2.05) is 22.8 Å². The molecule has 3 rings (SSSR count). The van der Waals surface area contributed by atoms with Crippen LogP contribution in [0.15, 0.2) is 22.8 Å². The smallest absolute Gasteiger partial charge is 0.245 e. The zero-order valence-corrected chi connectivity index (χ0v) is 14.2. The van der Waals surface area contributed by atoms with Crippen molar-refractivity contribution >= 4 is 27.5 Å². The summed E-state index contributed by atoms with van der Waals surface area (Å²) in [6, 6.07) is 4.54. The van der Waals surface area contributed by atoms with Crippen molar-refractivity contribution in [3.05, 3.63) is 22.8 Å². The molecular weight excluding hydrogens is 330 g/mol. The average Bonchev–Trinajstić information content (AvgIpc) is 2.88.